The number of carboxylic acids is 1. The lowest BCUT2D eigenvalue weighted by molar-refractivity contribution is -0.147. The van der Waals surface area contributed by atoms with E-state index in [2.05, 4.69) is 12.2 Å². The Bertz CT molecular complexity index is 417. The zero-order valence-electron chi connectivity index (χ0n) is 10.5. The molecule has 2 N–H and O–H groups in total. The van der Waals surface area contributed by atoms with Crippen molar-refractivity contribution in [2.45, 2.75) is 32.2 Å². The Morgan fingerprint density at radius 2 is 1.89 bits per heavy atom. The van der Waals surface area contributed by atoms with Crippen molar-refractivity contribution in [3.05, 3.63) is 12.2 Å². The van der Waals surface area contributed by atoms with E-state index in [1.807, 2.05) is 12.2 Å². The Morgan fingerprint density at radius 1 is 1.22 bits per heavy atom. The van der Waals surface area contributed by atoms with Crippen LogP contribution in [0, 0.1) is 29.6 Å². The van der Waals surface area contributed by atoms with Gasteiger partial charge in [0.05, 0.1) is 11.8 Å². The van der Waals surface area contributed by atoms with E-state index >= 15 is 0 Å². The molecule has 3 rings (SSSR count). The van der Waals surface area contributed by atoms with Gasteiger partial charge in [-0.1, -0.05) is 25.5 Å². The number of carboxylic acid groups (broad SMARTS) is 1. The molecular formula is C14H19NO3. The second-order valence-electron chi connectivity index (χ2n) is 5.86. The molecule has 0 aromatic rings. The Balaban J connectivity index is 1.69. The third-order valence-electron chi connectivity index (χ3n) is 4.82. The van der Waals surface area contributed by atoms with Crippen LogP contribution in [0.4, 0.5) is 0 Å². The molecular weight excluding hydrogens is 230 g/mol. The third kappa shape index (κ3) is 1.74. The molecule has 2 bridgehead atoms. The van der Waals surface area contributed by atoms with Crippen LogP contribution in [0.3, 0.4) is 0 Å². The van der Waals surface area contributed by atoms with Crippen LogP contribution in [0.25, 0.3) is 0 Å². The summed E-state index contributed by atoms with van der Waals surface area (Å²) in [5.74, 6) is -0.935. The first-order valence-electron chi connectivity index (χ1n) is 6.83. The number of amides is 1. The van der Waals surface area contributed by atoms with Gasteiger partial charge in [0.15, 0.2) is 0 Å². The minimum atomic E-state index is -0.824. The third-order valence-corrected chi connectivity index (χ3v) is 4.82. The van der Waals surface area contributed by atoms with Crippen LogP contribution >= 0.6 is 0 Å². The van der Waals surface area contributed by atoms with Crippen molar-refractivity contribution in [1.82, 2.24) is 5.32 Å². The highest BCUT2D eigenvalue weighted by Gasteiger charge is 2.52. The maximum Gasteiger partial charge on any atom is 0.307 e. The number of aliphatic carboxylic acids is 1. The van der Waals surface area contributed by atoms with Gasteiger partial charge in [-0.3, -0.25) is 9.59 Å². The highest BCUT2D eigenvalue weighted by molar-refractivity contribution is 5.87. The molecule has 0 spiro atoms. The molecule has 6 unspecified atom stereocenters. The molecule has 1 amide bonds. The minimum Gasteiger partial charge on any atom is -0.481 e. The van der Waals surface area contributed by atoms with Gasteiger partial charge in [0, 0.05) is 6.04 Å². The van der Waals surface area contributed by atoms with Crippen molar-refractivity contribution in [3.63, 3.8) is 0 Å². The molecule has 0 radical (unpaired) electrons. The van der Waals surface area contributed by atoms with Crippen molar-refractivity contribution >= 4 is 11.9 Å². The van der Waals surface area contributed by atoms with E-state index in [4.69, 9.17) is 0 Å². The van der Waals surface area contributed by atoms with Gasteiger partial charge in [-0.25, -0.2) is 0 Å². The Morgan fingerprint density at radius 3 is 2.44 bits per heavy atom. The van der Waals surface area contributed by atoms with Crippen LogP contribution in [0.1, 0.15) is 26.2 Å². The van der Waals surface area contributed by atoms with Gasteiger partial charge in [-0.05, 0) is 30.6 Å². The molecule has 3 aliphatic rings. The summed E-state index contributed by atoms with van der Waals surface area (Å²) in [6.07, 6.45) is 6.97. The number of allylic oxidation sites excluding steroid dienone is 2. The molecule has 0 saturated heterocycles. The van der Waals surface area contributed by atoms with Crippen molar-refractivity contribution in [3.8, 4) is 0 Å². The average molecular weight is 249 g/mol. The fourth-order valence-electron chi connectivity index (χ4n) is 3.67. The number of hydrogen-bond acceptors (Lipinski definition) is 2. The Kier molecular flexibility index (Phi) is 2.68. The van der Waals surface area contributed by atoms with Crippen molar-refractivity contribution in [1.29, 1.82) is 0 Å². The van der Waals surface area contributed by atoms with Gasteiger partial charge in [0.1, 0.15) is 0 Å². The predicted molar refractivity (Wildman–Crippen MR) is 65.7 cm³/mol. The van der Waals surface area contributed by atoms with E-state index in [1.54, 1.807) is 0 Å². The molecule has 3 aliphatic carbocycles. The van der Waals surface area contributed by atoms with E-state index in [1.165, 1.54) is 0 Å². The van der Waals surface area contributed by atoms with Crippen LogP contribution in [0.5, 0.6) is 0 Å². The normalized spacial score (nSPS) is 44.1. The highest BCUT2D eigenvalue weighted by atomic mass is 16.4. The quantitative estimate of drug-likeness (QED) is 0.741. The molecule has 4 heteroatoms. The first-order chi connectivity index (χ1) is 8.61. The van der Waals surface area contributed by atoms with Gasteiger partial charge in [-0.2, -0.15) is 0 Å². The maximum atomic E-state index is 12.3. The topological polar surface area (TPSA) is 66.4 Å². The Labute approximate surface area is 106 Å². The van der Waals surface area contributed by atoms with Crippen molar-refractivity contribution < 1.29 is 14.7 Å². The molecule has 0 aliphatic heterocycles. The predicted octanol–water partition coefficient (Wildman–Crippen LogP) is 1.42. The Hall–Kier alpha value is -1.32. The lowest BCUT2D eigenvalue weighted by Crippen LogP contribution is -2.41. The zero-order valence-corrected chi connectivity index (χ0v) is 10.5. The van der Waals surface area contributed by atoms with E-state index < -0.39 is 11.9 Å². The van der Waals surface area contributed by atoms with Gasteiger partial charge < -0.3 is 10.4 Å². The molecule has 0 aromatic carbocycles. The smallest absolute Gasteiger partial charge is 0.307 e. The van der Waals surface area contributed by atoms with Crippen LogP contribution < -0.4 is 5.32 Å². The van der Waals surface area contributed by atoms with Crippen molar-refractivity contribution in [2.24, 2.45) is 29.6 Å². The number of nitrogens with one attached hydrogen (secondary N) is 1. The highest BCUT2D eigenvalue weighted by Crippen LogP contribution is 2.48. The molecule has 0 aromatic heterocycles. The SMILES string of the molecule is CCC1CC1NC(=O)C1C2C=CC(C2)C1C(=O)O. The van der Waals surface area contributed by atoms with Gasteiger partial charge in [0.25, 0.3) is 0 Å². The maximum absolute atomic E-state index is 12.3. The largest absolute Gasteiger partial charge is 0.481 e. The summed E-state index contributed by atoms with van der Waals surface area (Å²) in [5.41, 5.74) is 0. The van der Waals surface area contributed by atoms with E-state index in [-0.39, 0.29) is 23.7 Å². The van der Waals surface area contributed by atoms with Crippen LogP contribution in [-0.2, 0) is 9.59 Å². The number of fused-ring (bicyclic) bond motifs is 2. The van der Waals surface area contributed by atoms with Gasteiger partial charge in [0.2, 0.25) is 5.91 Å². The summed E-state index contributed by atoms with van der Waals surface area (Å²) in [7, 11) is 0. The molecule has 4 nitrogen and oxygen atoms in total. The summed E-state index contributed by atoms with van der Waals surface area (Å²) in [4.78, 5) is 23.6. The molecule has 2 fully saturated rings. The number of carbonyl (C=O) groups is 2. The average Bonchev–Trinajstić information content (AvgIpc) is 2.78. The first-order valence-corrected chi connectivity index (χ1v) is 6.83. The van der Waals surface area contributed by atoms with E-state index in [9.17, 15) is 14.7 Å². The summed E-state index contributed by atoms with van der Waals surface area (Å²) in [6.45, 7) is 2.12. The zero-order chi connectivity index (χ0) is 12.9. The number of hydrogen-bond donors (Lipinski definition) is 2. The van der Waals surface area contributed by atoms with Gasteiger partial charge >= 0.3 is 5.97 Å². The second-order valence-corrected chi connectivity index (χ2v) is 5.86. The standard InChI is InChI=1S/C14H19NO3/c1-2-7-6-10(7)15-13(16)11-8-3-4-9(5-8)12(11)14(17)18/h3-4,7-12H,2,5-6H2,1H3,(H,15,16)(H,17,18). The second kappa shape index (κ2) is 4.11. The lowest BCUT2D eigenvalue weighted by atomic mass is 9.82. The van der Waals surface area contributed by atoms with Gasteiger partial charge in [-0.15, -0.1) is 0 Å². The fraction of sp³-hybridized carbons (Fsp3) is 0.714. The summed E-state index contributed by atoms with van der Waals surface area (Å²) in [6, 6.07) is 0.292. The van der Waals surface area contributed by atoms with Crippen molar-refractivity contribution in [2.75, 3.05) is 0 Å². The van der Waals surface area contributed by atoms with Crippen LogP contribution in [0.15, 0.2) is 12.2 Å². The lowest BCUT2D eigenvalue weighted by Gasteiger charge is -2.23. The number of carbonyl (C=O) groups excluding carboxylic acids is 1. The molecule has 6 atom stereocenters. The summed E-state index contributed by atoms with van der Waals surface area (Å²) < 4.78 is 0. The first kappa shape index (κ1) is 11.8. The fourth-order valence-corrected chi connectivity index (χ4v) is 3.67. The molecule has 98 valence electrons. The monoisotopic (exact) mass is 249 g/mol. The number of rotatable bonds is 4. The molecule has 18 heavy (non-hydrogen) atoms. The van der Waals surface area contributed by atoms with Crippen LogP contribution in [-0.4, -0.2) is 23.0 Å². The summed E-state index contributed by atoms with van der Waals surface area (Å²) >= 11 is 0. The molecule has 0 heterocycles. The van der Waals surface area contributed by atoms with Crippen LogP contribution in [0.2, 0.25) is 0 Å². The molecule has 2 saturated carbocycles. The van der Waals surface area contributed by atoms with E-state index in [0.717, 1.165) is 19.3 Å². The van der Waals surface area contributed by atoms with E-state index in [0.29, 0.717) is 12.0 Å². The summed E-state index contributed by atoms with van der Waals surface area (Å²) in [5, 5.41) is 12.3. The minimum absolute atomic E-state index is 0.0415.